The lowest BCUT2D eigenvalue weighted by atomic mass is 9.88. The number of rotatable bonds is 6. The third-order valence-electron chi connectivity index (χ3n) is 6.02. The van der Waals surface area contributed by atoms with Crippen LogP contribution in [-0.4, -0.2) is 26.5 Å². The van der Waals surface area contributed by atoms with Gasteiger partial charge in [-0.1, -0.05) is 67.6 Å². The van der Waals surface area contributed by atoms with Gasteiger partial charge in [-0.15, -0.1) is 0 Å². The van der Waals surface area contributed by atoms with Gasteiger partial charge in [-0.2, -0.15) is 0 Å². The Morgan fingerprint density at radius 2 is 1.56 bits per heavy atom. The summed E-state index contributed by atoms with van der Waals surface area (Å²) in [6.07, 6.45) is 1.23. The van der Waals surface area contributed by atoms with Crippen molar-refractivity contribution in [1.29, 1.82) is 0 Å². The van der Waals surface area contributed by atoms with Gasteiger partial charge in [0.15, 0.2) is 0 Å². The lowest BCUT2D eigenvalue weighted by Crippen LogP contribution is -2.62. The molecule has 3 nitrogen and oxygen atoms in total. The molecule has 0 radical (unpaired) electrons. The molecule has 2 aromatic carbocycles. The molecule has 27 heavy (non-hydrogen) atoms. The summed E-state index contributed by atoms with van der Waals surface area (Å²) in [6, 6.07) is 21.3. The first-order valence-electron chi connectivity index (χ1n) is 9.88. The number of carbonyl (C=O) groups is 1. The molecule has 1 saturated heterocycles. The minimum absolute atomic E-state index is 0.113. The van der Waals surface area contributed by atoms with Crippen molar-refractivity contribution in [3.8, 4) is 0 Å². The summed E-state index contributed by atoms with van der Waals surface area (Å²) in [6.45, 7) is 8.94. The van der Waals surface area contributed by atoms with Crippen molar-refractivity contribution in [2.45, 2.75) is 51.7 Å². The van der Waals surface area contributed by atoms with Gasteiger partial charge >= 0.3 is 5.97 Å². The molecular weight excluding hydrogens is 352 g/mol. The highest BCUT2D eigenvalue weighted by Gasteiger charge is 2.60. The maximum Gasteiger partial charge on any atom is 0.305 e. The lowest BCUT2D eigenvalue weighted by molar-refractivity contribution is -0.143. The fourth-order valence-electron chi connectivity index (χ4n) is 4.46. The summed E-state index contributed by atoms with van der Waals surface area (Å²) < 4.78 is 12.2. The van der Waals surface area contributed by atoms with Crippen molar-refractivity contribution in [2.24, 2.45) is 5.92 Å². The van der Waals surface area contributed by atoms with Crippen LogP contribution in [-0.2, 0) is 14.0 Å². The van der Waals surface area contributed by atoms with Crippen LogP contribution in [0.4, 0.5) is 0 Å². The first-order chi connectivity index (χ1) is 12.9. The Labute approximate surface area is 163 Å². The molecular formula is C23H30O3Si. The average molecular weight is 383 g/mol. The first kappa shape index (κ1) is 19.8. The fraction of sp³-hybridized carbons (Fsp3) is 0.435. The second kappa shape index (κ2) is 7.99. The van der Waals surface area contributed by atoms with Crippen molar-refractivity contribution in [1.82, 2.24) is 0 Å². The molecule has 2 atom stereocenters. The Balaban J connectivity index is 2.09. The van der Waals surface area contributed by atoms with E-state index in [0.29, 0.717) is 24.5 Å². The van der Waals surface area contributed by atoms with Crippen LogP contribution in [0.5, 0.6) is 0 Å². The molecule has 4 heteroatoms. The maximum absolute atomic E-state index is 12.1. The van der Waals surface area contributed by atoms with E-state index in [2.05, 4.69) is 69.3 Å². The van der Waals surface area contributed by atoms with Gasteiger partial charge in [0.1, 0.15) is 0 Å². The first-order valence-corrected chi connectivity index (χ1v) is 11.9. The molecule has 1 fully saturated rings. The molecule has 0 spiro atoms. The van der Waals surface area contributed by atoms with Crippen molar-refractivity contribution in [2.75, 3.05) is 6.61 Å². The summed E-state index contributed by atoms with van der Waals surface area (Å²) in [5.41, 5.74) is 0.0683. The van der Waals surface area contributed by atoms with Gasteiger partial charge in [0.05, 0.1) is 12.2 Å². The molecule has 0 unspecified atom stereocenters. The molecule has 144 valence electrons. The number of benzene rings is 2. The molecule has 0 saturated carbocycles. The van der Waals surface area contributed by atoms with Crippen LogP contribution in [0.25, 0.3) is 0 Å². The van der Waals surface area contributed by atoms with Gasteiger partial charge in [-0.3, -0.25) is 4.79 Å². The van der Waals surface area contributed by atoms with E-state index >= 15 is 0 Å². The zero-order chi connectivity index (χ0) is 19.5. The van der Waals surface area contributed by atoms with Crippen molar-refractivity contribution < 1.29 is 14.0 Å². The zero-order valence-corrected chi connectivity index (χ0v) is 17.8. The van der Waals surface area contributed by atoms with Crippen LogP contribution in [0.15, 0.2) is 60.7 Å². The third-order valence-corrected chi connectivity index (χ3v) is 11.1. The third kappa shape index (κ3) is 3.74. The smallest absolute Gasteiger partial charge is 0.305 e. The molecule has 3 rings (SSSR count). The predicted octanol–water partition coefficient (Wildman–Crippen LogP) is 3.90. The van der Waals surface area contributed by atoms with Crippen LogP contribution < -0.4 is 10.4 Å². The SMILES string of the molecule is CCOC(=O)CC[C@H]1[C@H](C)C(C)(C)O[Si]1(c1ccccc1)c1ccccc1. The van der Waals surface area contributed by atoms with Crippen LogP contribution >= 0.6 is 0 Å². The Hall–Kier alpha value is -1.91. The molecule has 0 amide bonds. The summed E-state index contributed by atoms with van der Waals surface area (Å²) in [5.74, 6) is 0.234. The second-order valence-electron chi connectivity index (χ2n) is 7.91. The number of esters is 1. The molecule has 1 heterocycles. The van der Waals surface area contributed by atoms with Gasteiger partial charge in [0.2, 0.25) is 0 Å². The summed E-state index contributed by atoms with van der Waals surface area (Å²) in [5, 5.41) is 2.56. The second-order valence-corrected chi connectivity index (χ2v) is 11.5. The van der Waals surface area contributed by atoms with Gasteiger partial charge in [-0.25, -0.2) is 0 Å². The van der Waals surface area contributed by atoms with Crippen LogP contribution in [0.1, 0.15) is 40.5 Å². The molecule has 1 aliphatic rings. The van der Waals surface area contributed by atoms with Crippen molar-refractivity contribution in [3.05, 3.63) is 60.7 Å². The van der Waals surface area contributed by atoms with Crippen LogP contribution in [0, 0.1) is 5.92 Å². The molecule has 1 aliphatic heterocycles. The van der Waals surface area contributed by atoms with E-state index in [4.69, 9.17) is 9.16 Å². The van der Waals surface area contributed by atoms with E-state index in [9.17, 15) is 4.79 Å². The highest BCUT2D eigenvalue weighted by Crippen LogP contribution is 2.50. The largest absolute Gasteiger partial charge is 0.466 e. The van der Waals surface area contributed by atoms with Crippen LogP contribution in [0.3, 0.4) is 0 Å². The zero-order valence-electron chi connectivity index (χ0n) is 16.8. The Bertz CT molecular complexity index is 718. The normalized spacial score (nSPS) is 23.1. The summed E-state index contributed by atoms with van der Waals surface area (Å²) in [7, 11) is -2.51. The minimum Gasteiger partial charge on any atom is -0.466 e. The molecule has 0 bridgehead atoms. The Morgan fingerprint density at radius 3 is 2.04 bits per heavy atom. The monoisotopic (exact) mass is 382 g/mol. The average Bonchev–Trinajstić information content (AvgIpc) is 2.89. The standard InChI is InChI=1S/C23H30O3Si/c1-5-25-22(24)17-16-21-18(2)23(3,4)26-27(21,19-12-8-6-9-13-19)20-14-10-7-11-15-20/h6-15,18,21H,5,16-17H2,1-4H3/t18-,21-/m0/s1. The van der Waals surface area contributed by atoms with Gasteiger partial charge < -0.3 is 9.16 Å². The van der Waals surface area contributed by atoms with E-state index in [0.717, 1.165) is 6.42 Å². The quantitative estimate of drug-likeness (QED) is 0.561. The molecule has 0 aromatic heterocycles. The maximum atomic E-state index is 12.1. The van der Waals surface area contributed by atoms with E-state index in [1.165, 1.54) is 10.4 Å². The molecule has 2 aromatic rings. The lowest BCUT2D eigenvalue weighted by Gasteiger charge is -2.34. The Kier molecular flexibility index (Phi) is 5.87. The van der Waals surface area contributed by atoms with Crippen molar-refractivity contribution in [3.63, 3.8) is 0 Å². The van der Waals surface area contributed by atoms with Gasteiger partial charge in [0, 0.05) is 6.42 Å². The molecule has 0 N–H and O–H groups in total. The van der Waals surface area contributed by atoms with E-state index in [1.54, 1.807) is 0 Å². The predicted molar refractivity (Wildman–Crippen MR) is 112 cm³/mol. The summed E-state index contributed by atoms with van der Waals surface area (Å²) in [4.78, 5) is 12.1. The highest BCUT2D eigenvalue weighted by molar-refractivity contribution is 6.99. The van der Waals surface area contributed by atoms with Crippen molar-refractivity contribution >= 4 is 24.7 Å². The highest BCUT2D eigenvalue weighted by atomic mass is 28.4. The minimum atomic E-state index is -2.51. The van der Waals surface area contributed by atoms with E-state index < -0.39 is 8.32 Å². The molecule has 0 aliphatic carbocycles. The number of ether oxygens (including phenoxy) is 1. The topological polar surface area (TPSA) is 35.5 Å². The van der Waals surface area contributed by atoms with Gasteiger partial charge in [-0.05, 0) is 49.0 Å². The number of carbonyl (C=O) groups excluding carboxylic acids is 1. The summed E-state index contributed by atoms with van der Waals surface area (Å²) >= 11 is 0. The van der Waals surface area contributed by atoms with E-state index in [-0.39, 0.29) is 11.6 Å². The van der Waals surface area contributed by atoms with E-state index in [1.807, 2.05) is 19.1 Å². The number of hydrogen-bond donors (Lipinski definition) is 0. The van der Waals surface area contributed by atoms with Gasteiger partial charge in [0.25, 0.3) is 8.32 Å². The Morgan fingerprint density at radius 1 is 1.04 bits per heavy atom. The van der Waals surface area contributed by atoms with Crippen LogP contribution in [0.2, 0.25) is 5.54 Å². The fourth-order valence-corrected chi connectivity index (χ4v) is 10.1. The number of hydrogen-bond acceptors (Lipinski definition) is 3.